The van der Waals surface area contributed by atoms with Crippen LogP contribution in [-0.2, 0) is 9.53 Å². The number of amides is 1. The van der Waals surface area contributed by atoms with Gasteiger partial charge in [-0.3, -0.25) is 4.79 Å². The summed E-state index contributed by atoms with van der Waals surface area (Å²) >= 11 is 7.39. The molecule has 1 amide bonds. The highest BCUT2D eigenvalue weighted by Crippen LogP contribution is 2.32. The number of hydrogen-bond acceptors (Lipinski definition) is 5. The van der Waals surface area contributed by atoms with Gasteiger partial charge in [-0.25, -0.2) is 4.79 Å². The number of anilines is 1. The molecule has 0 saturated carbocycles. The maximum atomic E-state index is 12.3. The highest BCUT2D eigenvalue weighted by Gasteiger charge is 2.20. The van der Waals surface area contributed by atoms with E-state index in [1.165, 1.54) is 31.0 Å². The Kier molecular flexibility index (Phi) is 6.11. The summed E-state index contributed by atoms with van der Waals surface area (Å²) < 4.78 is 4.59. The number of hydrogen-bond donors (Lipinski definition) is 2. The highest BCUT2D eigenvalue weighted by atomic mass is 35.5. The van der Waals surface area contributed by atoms with Crippen LogP contribution in [0.25, 0.3) is 0 Å². The lowest BCUT2D eigenvalue weighted by Gasteiger charge is -2.14. The molecule has 0 saturated heterocycles. The Labute approximate surface area is 149 Å². The Bertz CT molecular complexity index is 766. The molecule has 0 bridgehead atoms. The van der Waals surface area contributed by atoms with Crippen molar-refractivity contribution >= 4 is 40.9 Å². The van der Waals surface area contributed by atoms with Crippen LogP contribution in [0.2, 0.25) is 5.02 Å². The zero-order valence-corrected chi connectivity index (χ0v) is 14.6. The molecule has 0 aliphatic heterocycles. The van der Waals surface area contributed by atoms with Crippen molar-refractivity contribution in [2.24, 2.45) is 0 Å². The maximum absolute atomic E-state index is 12.3. The molecule has 0 radical (unpaired) electrons. The molecule has 2 aromatic carbocycles. The van der Waals surface area contributed by atoms with Crippen LogP contribution >= 0.6 is 23.4 Å². The average molecular weight is 366 g/mol. The number of carbonyl (C=O) groups excluding carboxylic acids is 2. The predicted molar refractivity (Wildman–Crippen MR) is 94.8 cm³/mol. The Morgan fingerprint density at radius 3 is 2.58 bits per heavy atom. The smallest absolute Gasteiger partial charge is 0.341 e. The quantitative estimate of drug-likeness (QED) is 0.476. The number of benzene rings is 2. The zero-order valence-electron chi connectivity index (χ0n) is 13.1. The van der Waals surface area contributed by atoms with Gasteiger partial charge in [0.2, 0.25) is 5.91 Å². The van der Waals surface area contributed by atoms with E-state index in [9.17, 15) is 14.7 Å². The van der Waals surface area contributed by atoms with Gasteiger partial charge in [0, 0.05) is 4.90 Å². The lowest BCUT2D eigenvalue weighted by Crippen LogP contribution is -2.22. The first-order valence-electron chi connectivity index (χ1n) is 7.06. The van der Waals surface area contributed by atoms with Gasteiger partial charge in [-0.05, 0) is 31.2 Å². The summed E-state index contributed by atoms with van der Waals surface area (Å²) in [6, 6.07) is 11.7. The third kappa shape index (κ3) is 4.21. The van der Waals surface area contributed by atoms with Gasteiger partial charge >= 0.3 is 5.97 Å². The van der Waals surface area contributed by atoms with E-state index in [1.807, 2.05) is 18.2 Å². The maximum Gasteiger partial charge on any atom is 0.341 e. The molecule has 0 heterocycles. The molecule has 1 atom stereocenters. The number of para-hydroxylation sites is 1. The fraction of sp³-hybridized carbons (Fsp3) is 0.176. The van der Waals surface area contributed by atoms with Gasteiger partial charge in [-0.15, -0.1) is 11.8 Å². The summed E-state index contributed by atoms with van der Waals surface area (Å²) in [4.78, 5) is 24.7. The van der Waals surface area contributed by atoms with Gasteiger partial charge < -0.3 is 15.2 Å². The summed E-state index contributed by atoms with van der Waals surface area (Å²) in [7, 11) is 1.22. The third-order valence-electron chi connectivity index (χ3n) is 3.21. The van der Waals surface area contributed by atoms with Crippen LogP contribution in [0, 0.1) is 0 Å². The molecule has 5 nitrogen and oxygen atoms in total. The molecule has 7 heteroatoms. The number of phenols is 1. The van der Waals surface area contributed by atoms with Gasteiger partial charge in [0.15, 0.2) is 5.75 Å². The first kappa shape index (κ1) is 18.2. The number of ether oxygens (including phenoxy) is 1. The van der Waals surface area contributed by atoms with E-state index >= 15 is 0 Å². The van der Waals surface area contributed by atoms with E-state index < -0.39 is 11.2 Å². The summed E-state index contributed by atoms with van der Waals surface area (Å²) in [5, 5.41) is 12.8. The van der Waals surface area contributed by atoms with Gasteiger partial charge in [0.05, 0.1) is 23.1 Å². The predicted octanol–water partition coefficient (Wildman–Crippen LogP) is 3.95. The Morgan fingerprint density at radius 2 is 1.92 bits per heavy atom. The molecular weight excluding hydrogens is 350 g/mol. The summed E-state index contributed by atoms with van der Waals surface area (Å²) in [5.41, 5.74) is 0.135. The minimum atomic E-state index is -0.679. The standard InChI is InChI=1S/C17H16ClNO4S/c1-10(24-14-9-4-3-7-12(14)18)16(21)19-13-8-5-6-11(15(13)20)17(22)23-2/h3-10,20H,1-2H3,(H,19,21). The molecular formula is C17H16ClNO4S. The molecule has 0 fully saturated rings. The van der Waals surface area contributed by atoms with Crippen LogP contribution in [0.4, 0.5) is 5.69 Å². The second-order valence-corrected chi connectivity index (χ2v) is 6.66. The van der Waals surface area contributed by atoms with E-state index in [0.29, 0.717) is 5.02 Å². The largest absolute Gasteiger partial charge is 0.505 e. The molecule has 0 aliphatic rings. The Balaban J connectivity index is 2.12. The van der Waals surface area contributed by atoms with Gasteiger partial charge in [-0.1, -0.05) is 29.8 Å². The molecule has 24 heavy (non-hydrogen) atoms. The number of methoxy groups -OCH3 is 1. The second kappa shape index (κ2) is 8.08. The SMILES string of the molecule is COC(=O)c1cccc(NC(=O)C(C)Sc2ccccc2Cl)c1O. The molecule has 0 aromatic heterocycles. The number of thioether (sulfide) groups is 1. The average Bonchev–Trinajstić information content (AvgIpc) is 2.58. The summed E-state index contributed by atoms with van der Waals surface area (Å²) in [6.07, 6.45) is 0. The van der Waals surface area contributed by atoms with Crippen LogP contribution < -0.4 is 5.32 Å². The monoisotopic (exact) mass is 365 g/mol. The highest BCUT2D eigenvalue weighted by molar-refractivity contribution is 8.00. The van der Waals surface area contributed by atoms with Crippen LogP contribution in [-0.4, -0.2) is 29.3 Å². The summed E-state index contributed by atoms with van der Waals surface area (Å²) in [6.45, 7) is 1.73. The van der Waals surface area contributed by atoms with Crippen molar-refractivity contribution in [2.45, 2.75) is 17.1 Å². The lowest BCUT2D eigenvalue weighted by molar-refractivity contribution is -0.115. The Morgan fingerprint density at radius 1 is 1.21 bits per heavy atom. The second-order valence-electron chi connectivity index (χ2n) is 4.87. The Hall–Kier alpha value is -2.18. The van der Waals surface area contributed by atoms with Crippen molar-refractivity contribution in [3.05, 3.63) is 53.1 Å². The first-order valence-corrected chi connectivity index (χ1v) is 8.32. The van der Waals surface area contributed by atoms with Gasteiger partial charge in [0.1, 0.15) is 5.56 Å². The molecule has 0 aliphatic carbocycles. The van der Waals surface area contributed by atoms with Crippen LogP contribution in [0.15, 0.2) is 47.4 Å². The minimum Gasteiger partial charge on any atom is -0.505 e. The van der Waals surface area contributed by atoms with Gasteiger partial charge in [0.25, 0.3) is 0 Å². The van der Waals surface area contributed by atoms with E-state index in [0.717, 1.165) is 4.90 Å². The lowest BCUT2D eigenvalue weighted by atomic mass is 10.1. The minimum absolute atomic E-state index is 0.0123. The fourth-order valence-corrected chi connectivity index (χ4v) is 3.09. The molecule has 2 rings (SSSR count). The normalized spacial score (nSPS) is 11.6. The van der Waals surface area contributed by atoms with Crippen LogP contribution in [0.3, 0.4) is 0 Å². The van der Waals surface area contributed by atoms with Gasteiger partial charge in [-0.2, -0.15) is 0 Å². The first-order chi connectivity index (χ1) is 11.4. The number of carbonyl (C=O) groups is 2. The van der Waals surface area contributed by atoms with Crippen molar-refractivity contribution in [1.29, 1.82) is 0 Å². The van der Waals surface area contributed by atoms with E-state index in [2.05, 4.69) is 10.1 Å². The number of rotatable bonds is 5. The third-order valence-corrected chi connectivity index (χ3v) is 4.83. The molecule has 2 N–H and O–H groups in total. The summed E-state index contributed by atoms with van der Waals surface area (Å²) in [5.74, 6) is -1.33. The number of halogens is 1. The van der Waals surface area contributed by atoms with Crippen molar-refractivity contribution in [2.75, 3.05) is 12.4 Å². The molecule has 0 spiro atoms. The number of phenolic OH excluding ortho intramolecular Hbond substituents is 1. The number of nitrogens with one attached hydrogen (secondary N) is 1. The van der Waals surface area contributed by atoms with E-state index in [4.69, 9.17) is 11.6 Å². The van der Waals surface area contributed by atoms with Crippen molar-refractivity contribution in [3.63, 3.8) is 0 Å². The molecule has 126 valence electrons. The van der Waals surface area contributed by atoms with Crippen LogP contribution in [0.1, 0.15) is 17.3 Å². The van der Waals surface area contributed by atoms with E-state index in [1.54, 1.807) is 19.1 Å². The molecule has 2 aromatic rings. The topological polar surface area (TPSA) is 75.6 Å². The van der Waals surface area contributed by atoms with Crippen molar-refractivity contribution < 1.29 is 19.4 Å². The number of aromatic hydroxyl groups is 1. The number of esters is 1. The van der Waals surface area contributed by atoms with Crippen molar-refractivity contribution in [3.8, 4) is 5.75 Å². The zero-order chi connectivity index (χ0) is 17.7. The fourth-order valence-electron chi connectivity index (χ4n) is 1.94. The van der Waals surface area contributed by atoms with E-state index in [-0.39, 0.29) is 22.9 Å². The molecule has 1 unspecified atom stereocenters. The van der Waals surface area contributed by atoms with Crippen LogP contribution in [0.5, 0.6) is 5.75 Å². The van der Waals surface area contributed by atoms with Crippen molar-refractivity contribution in [1.82, 2.24) is 0 Å².